The third kappa shape index (κ3) is 3.04. The number of carbonyl (C=O) groups excluding carboxylic acids is 1. The van der Waals surface area contributed by atoms with Gasteiger partial charge in [0.25, 0.3) is 0 Å². The molecule has 1 amide bonds. The Bertz CT molecular complexity index is 811. The molecular weight excluding hydrogens is 396 g/mol. The Labute approximate surface area is 139 Å². The molecule has 0 fully saturated rings. The first-order valence-electron chi connectivity index (χ1n) is 6.43. The molecule has 0 aliphatic rings. The molecule has 3 aromatic rings. The first kappa shape index (κ1) is 14.4. The minimum Gasteiger partial charge on any atom is -0.338 e. The number of hydrogen-bond acceptors (Lipinski definition) is 1. The van der Waals surface area contributed by atoms with E-state index in [1.54, 1.807) is 0 Å². The fraction of sp³-hybridized carbons (Fsp3) is 0.0625. The molecule has 0 bridgehead atoms. The van der Waals surface area contributed by atoms with Gasteiger partial charge in [-0.25, -0.2) is 0 Å². The van der Waals surface area contributed by atoms with Crippen LogP contribution in [0.25, 0.3) is 10.9 Å². The first-order chi connectivity index (χ1) is 10.1. The average Bonchev–Trinajstić information content (AvgIpc) is 2.86. The van der Waals surface area contributed by atoms with Crippen LogP contribution in [0, 0.1) is 0 Å². The monoisotopic (exact) mass is 406 g/mol. The summed E-state index contributed by atoms with van der Waals surface area (Å²) in [6.07, 6.45) is 1.93. The minimum absolute atomic E-state index is 0.0561. The molecule has 3 nitrogen and oxygen atoms in total. The van der Waals surface area contributed by atoms with Crippen LogP contribution >= 0.6 is 31.9 Å². The van der Waals surface area contributed by atoms with E-state index in [1.807, 2.05) is 59.3 Å². The Morgan fingerprint density at radius 2 is 1.76 bits per heavy atom. The van der Waals surface area contributed by atoms with Crippen molar-refractivity contribution in [2.75, 3.05) is 5.32 Å². The molecule has 0 aliphatic carbocycles. The van der Waals surface area contributed by atoms with E-state index in [2.05, 4.69) is 37.2 Å². The number of rotatable bonds is 3. The van der Waals surface area contributed by atoms with E-state index >= 15 is 0 Å². The summed E-state index contributed by atoms with van der Waals surface area (Å²) in [6, 6.07) is 15.5. The topological polar surface area (TPSA) is 34.0 Å². The van der Waals surface area contributed by atoms with Gasteiger partial charge in [0.15, 0.2) is 0 Å². The molecule has 0 saturated carbocycles. The Morgan fingerprint density at radius 1 is 1.00 bits per heavy atom. The first-order valence-corrected chi connectivity index (χ1v) is 8.01. The Morgan fingerprint density at radius 3 is 2.57 bits per heavy atom. The molecule has 1 heterocycles. The lowest BCUT2D eigenvalue weighted by Crippen LogP contribution is -2.18. The maximum atomic E-state index is 12.2. The number of benzene rings is 2. The van der Waals surface area contributed by atoms with Gasteiger partial charge in [-0.1, -0.05) is 34.1 Å². The second kappa shape index (κ2) is 6.03. The van der Waals surface area contributed by atoms with Gasteiger partial charge in [-0.3, -0.25) is 4.79 Å². The molecule has 0 spiro atoms. The van der Waals surface area contributed by atoms with Gasteiger partial charge in [0.1, 0.15) is 6.54 Å². The van der Waals surface area contributed by atoms with Gasteiger partial charge >= 0.3 is 0 Å². The van der Waals surface area contributed by atoms with Crippen molar-refractivity contribution in [3.8, 4) is 0 Å². The molecule has 106 valence electrons. The highest BCUT2D eigenvalue weighted by Gasteiger charge is 2.09. The third-order valence-corrected chi connectivity index (χ3v) is 4.61. The summed E-state index contributed by atoms with van der Waals surface area (Å²) in [7, 11) is 0. The normalized spacial score (nSPS) is 10.8. The SMILES string of the molecule is O=C(Cn1ccc2c(Br)cccc21)Nc1ccccc1Br. The fourth-order valence-corrected chi connectivity index (χ4v) is 3.10. The predicted molar refractivity (Wildman–Crippen MR) is 92.4 cm³/mol. The number of fused-ring (bicyclic) bond motifs is 1. The van der Waals surface area contributed by atoms with Crippen LogP contribution in [0.3, 0.4) is 0 Å². The van der Waals surface area contributed by atoms with Crippen molar-refractivity contribution in [1.29, 1.82) is 0 Å². The van der Waals surface area contributed by atoms with Crippen molar-refractivity contribution in [2.45, 2.75) is 6.54 Å². The highest BCUT2D eigenvalue weighted by atomic mass is 79.9. The summed E-state index contributed by atoms with van der Waals surface area (Å²) in [6.45, 7) is 0.279. The number of nitrogens with zero attached hydrogens (tertiary/aromatic N) is 1. The summed E-state index contributed by atoms with van der Waals surface area (Å²) in [5.41, 5.74) is 1.81. The van der Waals surface area contributed by atoms with Crippen molar-refractivity contribution in [3.63, 3.8) is 0 Å². The molecule has 0 atom stereocenters. The molecular formula is C16H12Br2N2O. The Hall–Kier alpha value is -1.59. The molecule has 2 aromatic carbocycles. The predicted octanol–water partition coefficient (Wildman–Crippen LogP) is 4.81. The van der Waals surface area contributed by atoms with Gasteiger partial charge < -0.3 is 9.88 Å². The Balaban J connectivity index is 1.81. The third-order valence-electron chi connectivity index (χ3n) is 3.22. The molecule has 1 N–H and O–H groups in total. The highest BCUT2D eigenvalue weighted by Crippen LogP contribution is 2.25. The maximum Gasteiger partial charge on any atom is 0.244 e. The fourth-order valence-electron chi connectivity index (χ4n) is 2.23. The van der Waals surface area contributed by atoms with E-state index in [0.717, 1.165) is 25.5 Å². The van der Waals surface area contributed by atoms with Gasteiger partial charge in [-0.15, -0.1) is 0 Å². The van der Waals surface area contributed by atoms with E-state index in [9.17, 15) is 4.79 Å². The second-order valence-electron chi connectivity index (χ2n) is 4.64. The van der Waals surface area contributed by atoms with Gasteiger partial charge in [0, 0.05) is 26.0 Å². The van der Waals surface area contributed by atoms with Crippen LogP contribution in [0.5, 0.6) is 0 Å². The molecule has 0 aliphatic heterocycles. The molecule has 21 heavy (non-hydrogen) atoms. The van der Waals surface area contributed by atoms with Crippen LogP contribution in [0.2, 0.25) is 0 Å². The van der Waals surface area contributed by atoms with E-state index in [1.165, 1.54) is 0 Å². The van der Waals surface area contributed by atoms with Crippen LogP contribution in [-0.2, 0) is 11.3 Å². The van der Waals surface area contributed by atoms with Gasteiger partial charge in [-0.2, -0.15) is 0 Å². The van der Waals surface area contributed by atoms with E-state index in [0.29, 0.717) is 0 Å². The Kier molecular flexibility index (Phi) is 4.12. The lowest BCUT2D eigenvalue weighted by Gasteiger charge is -2.09. The molecule has 0 saturated heterocycles. The standard InChI is InChI=1S/C16H12Br2N2O/c17-12-5-3-7-15-11(12)8-9-20(15)10-16(21)19-14-6-2-1-4-13(14)18/h1-9H,10H2,(H,19,21). The van der Waals surface area contributed by atoms with Gasteiger partial charge in [0.05, 0.1) is 5.69 Å². The number of nitrogens with one attached hydrogen (secondary N) is 1. The number of para-hydroxylation sites is 1. The van der Waals surface area contributed by atoms with E-state index in [4.69, 9.17) is 0 Å². The smallest absolute Gasteiger partial charge is 0.244 e. The summed E-state index contributed by atoms with van der Waals surface area (Å²) < 4.78 is 3.84. The molecule has 3 rings (SSSR count). The molecule has 5 heteroatoms. The zero-order valence-corrected chi connectivity index (χ0v) is 14.2. The number of amides is 1. The van der Waals surface area contributed by atoms with E-state index < -0.39 is 0 Å². The van der Waals surface area contributed by atoms with Crippen LogP contribution < -0.4 is 5.32 Å². The number of anilines is 1. The summed E-state index contributed by atoms with van der Waals surface area (Å²) in [5, 5.41) is 4.01. The molecule has 0 radical (unpaired) electrons. The summed E-state index contributed by atoms with van der Waals surface area (Å²) >= 11 is 6.94. The van der Waals surface area contributed by atoms with Crippen LogP contribution in [0.1, 0.15) is 0 Å². The van der Waals surface area contributed by atoms with E-state index in [-0.39, 0.29) is 12.5 Å². The van der Waals surface area contributed by atoms with Gasteiger partial charge in [-0.05, 0) is 46.3 Å². The van der Waals surface area contributed by atoms with Gasteiger partial charge in [0.2, 0.25) is 5.91 Å². The molecule has 1 aromatic heterocycles. The lowest BCUT2D eigenvalue weighted by molar-refractivity contribution is -0.116. The van der Waals surface area contributed by atoms with Crippen LogP contribution in [0.4, 0.5) is 5.69 Å². The van der Waals surface area contributed by atoms with Crippen molar-refractivity contribution in [1.82, 2.24) is 4.57 Å². The highest BCUT2D eigenvalue weighted by molar-refractivity contribution is 9.11. The van der Waals surface area contributed by atoms with Crippen molar-refractivity contribution >= 4 is 54.4 Å². The number of aromatic nitrogens is 1. The number of halogens is 2. The second-order valence-corrected chi connectivity index (χ2v) is 6.35. The van der Waals surface area contributed by atoms with Crippen molar-refractivity contribution in [3.05, 3.63) is 63.7 Å². The quantitative estimate of drug-likeness (QED) is 0.664. The zero-order chi connectivity index (χ0) is 14.8. The summed E-state index contributed by atoms with van der Waals surface area (Å²) in [4.78, 5) is 12.2. The number of carbonyl (C=O) groups is 1. The van der Waals surface area contributed by atoms with Crippen LogP contribution in [-0.4, -0.2) is 10.5 Å². The van der Waals surface area contributed by atoms with Crippen LogP contribution in [0.15, 0.2) is 63.7 Å². The minimum atomic E-state index is -0.0561. The largest absolute Gasteiger partial charge is 0.338 e. The molecule has 0 unspecified atom stereocenters. The summed E-state index contributed by atoms with van der Waals surface area (Å²) in [5.74, 6) is -0.0561. The zero-order valence-electron chi connectivity index (χ0n) is 11.0. The van der Waals surface area contributed by atoms with Crippen molar-refractivity contribution < 1.29 is 4.79 Å². The average molecular weight is 408 g/mol. The maximum absolute atomic E-state index is 12.2. The number of hydrogen-bond donors (Lipinski definition) is 1. The van der Waals surface area contributed by atoms with Crippen molar-refractivity contribution in [2.24, 2.45) is 0 Å². The lowest BCUT2D eigenvalue weighted by atomic mass is 10.2.